The molecule has 0 saturated carbocycles. The van der Waals surface area contributed by atoms with E-state index in [0.29, 0.717) is 5.92 Å². The summed E-state index contributed by atoms with van der Waals surface area (Å²) in [6, 6.07) is 13.5. The fourth-order valence-corrected chi connectivity index (χ4v) is 5.13. The number of anilines is 3. The number of morpholine rings is 1. The number of aromatic nitrogens is 1. The van der Waals surface area contributed by atoms with Gasteiger partial charge in [-0.3, -0.25) is 0 Å². The van der Waals surface area contributed by atoms with Crippen LogP contribution >= 0.6 is 0 Å². The average Bonchev–Trinajstić information content (AvgIpc) is 3.29. The van der Waals surface area contributed by atoms with Crippen LogP contribution in [-0.4, -0.2) is 82.5 Å². The number of nitrogens with zero attached hydrogens (tertiary/aromatic N) is 5. The number of para-hydroxylation sites is 1. The Bertz CT molecular complexity index is 843. The Labute approximate surface area is 186 Å². The zero-order valence-electron chi connectivity index (χ0n) is 18.7. The Morgan fingerprint density at radius 3 is 2.45 bits per heavy atom. The zero-order chi connectivity index (χ0) is 21.0. The summed E-state index contributed by atoms with van der Waals surface area (Å²) in [5.74, 6) is 1.77. The SMILES string of the molecule is CN1CCN(c2ccccc2C[C@@H]2CCN(c3ccc(N4CCOCC4)nc3)C2)CC1. The topological polar surface area (TPSA) is 35.1 Å². The summed E-state index contributed by atoms with van der Waals surface area (Å²) in [6.07, 6.45) is 4.48. The van der Waals surface area contributed by atoms with Gasteiger partial charge < -0.3 is 24.3 Å². The molecule has 6 nitrogen and oxygen atoms in total. The van der Waals surface area contributed by atoms with E-state index in [-0.39, 0.29) is 0 Å². The van der Waals surface area contributed by atoms with Crippen molar-refractivity contribution >= 4 is 17.2 Å². The van der Waals surface area contributed by atoms with E-state index < -0.39 is 0 Å². The molecule has 4 heterocycles. The van der Waals surface area contributed by atoms with Crippen molar-refractivity contribution in [1.29, 1.82) is 0 Å². The highest BCUT2D eigenvalue weighted by molar-refractivity contribution is 5.55. The number of benzene rings is 1. The van der Waals surface area contributed by atoms with Crippen LogP contribution in [0.1, 0.15) is 12.0 Å². The third kappa shape index (κ3) is 4.80. The van der Waals surface area contributed by atoms with Crippen LogP contribution in [0.25, 0.3) is 0 Å². The van der Waals surface area contributed by atoms with Gasteiger partial charge in [0, 0.05) is 58.0 Å². The van der Waals surface area contributed by atoms with Gasteiger partial charge in [0.05, 0.1) is 25.1 Å². The van der Waals surface area contributed by atoms with Crippen molar-refractivity contribution in [2.75, 3.05) is 87.3 Å². The molecule has 0 unspecified atom stereocenters. The minimum Gasteiger partial charge on any atom is -0.378 e. The fourth-order valence-electron chi connectivity index (χ4n) is 5.13. The maximum Gasteiger partial charge on any atom is 0.128 e. The van der Waals surface area contributed by atoms with E-state index in [1.165, 1.54) is 23.4 Å². The molecule has 3 aliphatic heterocycles. The predicted octanol–water partition coefficient (Wildman–Crippen LogP) is 2.74. The minimum absolute atomic E-state index is 0.701. The van der Waals surface area contributed by atoms with E-state index in [1.54, 1.807) is 0 Å². The van der Waals surface area contributed by atoms with E-state index in [1.807, 2.05) is 0 Å². The molecule has 0 bridgehead atoms. The van der Waals surface area contributed by atoms with Crippen LogP contribution < -0.4 is 14.7 Å². The second-order valence-corrected chi connectivity index (χ2v) is 9.20. The molecule has 3 saturated heterocycles. The average molecular weight is 422 g/mol. The molecule has 2 aromatic rings. The number of ether oxygens (including phenoxy) is 1. The summed E-state index contributed by atoms with van der Waals surface area (Å²) in [4.78, 5) is 14.6. The van der Waals surface area contributed by atoms with Gasteiger partial charge in [-0.1, -0.05) is 18.2 Å². The number of hydrogen-bond donors (Lipinski definition) is 0. The number of hydrogen-bond acceptors (Lipinski definition) is 6. The van der Waals surface area contributed by atoms with Crippen LogP contribution in [-0.2, 0) is 11.2 Å². The van der Waals surface area contributed by atoms with Gasteiger partial charge in [0.15, 0.2) is 0 Å². The van der Waals surface area contributed by atoms with Crippen LogP contribution in [0.15, 0.2) is 42.6 Å². The standard InChI is InChI=1S/C25H35N5O/c1-27-10-12-28(13-11-27)24-5-3-2-4-22(24)18-21-8-9-30(20-21)23-6-7-25(26-19-23)29-14-16-31-17-15-29/h2-7,19,21H,8-18,20H2,1H3/t21-/m0/s1. The molecule has 0 radical (unpaired) electrons. The quantitative estimate of drug-likeness (QED) is 0.739. The molecular weight excluding hydrogens is 386 g/mol. The molecule has 0 aliphatic carbocycles. The van der Waals surface area contributed by atoms with Crippen molar-refractivity contribution < 1.29 is 4.74 Å². The van der Waals surface area contributed by atoms with Crippen LogP contribution in [0.5, 0.6) is 0 Å². The van der Waals surface area contributed by atoms with Crippen molar-refractivity contribution in [2.24, 2.45) is 5.92 Å². The molecule has 5 rings (SSSR count). The Morgan fingerprint density at radius 1 is 0.871 bits per heavy atom. The van der Waals surface area contributed by atoms with Crippen molar-refractivity contribution in [2.45, 2.75) is 12.8 Å². The number of rotatable bonds is 5. The zero-order valence-corrected chi connectivity index (χ0v) is 18.7. The van der Waals surface area contributed by atoms with Gasteiger partial charge in [-0.25, -0.2) is 4.98 Å². The molecule has 1 atom stereocenters. The summed E-state index contributed by atoms with van der Waals surface area (Å²) in [6.45, 7) is 10.3. The monoisotopic (exact) mass is 421 g/mol. The fraction of sp³-hybridized carbons (Fsp3) is 0.560. The molecule has 166 valence electrons. The van der Waals surface area contributed by atoms with E-state index in [9.17, 15) is 0 Å². The lowest BCUT2D eigenvalue weighted by atomic mass is 9.96. The molecule has 31 heavy (non-hydrogen) atoms. The molecule has 6 heteroatoms. The number of likely N-dealkylation sites (N-methyl/N-ethyl adjacent to an activating group) is 1. The van der Waals surface area contributed by atoms with E-state index >= 15 is 0 Å². The van der Waals surface area contributed by atoms with Crippen molar-refractivity contribution in [3.05, 3.63) is 48.2 Å². The smallest absolute Gasteiger partial charge is 0.128 e. The maximum atomic E-state index is 5.46. The van der Waals surface area contributed by atoms with Crippen molar-refractivity contribution in [3.8, 4) is 0 Å². The lowest BCUT2D eigenvalue weighted by Crippen LogP contribution is -2.44. The first-order chi connectivity index (χ1) is 15.3. The highest BCUT2D eigenvalue weighted by Crippen LogP contribution is 2.30. The normalized spacial score (nSPS) is 22.9. The highest BCUT2D eigenvalue weighted by Gasteiger charge is 2.25. The van der Waals surface area contributed by atoms with Crippen LogP contribution in [0, 0.1) is 5.92 Å². The van der Waals surface area contributed by atoms with Gasteiger partial charge >= 0.3 is 0 Å². The second-order valence-electron chi connectivity index (χ2n) is 9.20. The highest BCUT2D eigenvalue weighted by atomic mass is 16.5. The predicted molar refractivity (Wildman–Crippen MR) is 127 cm³/mol. The van der Waals surface area contributed by atoms with Crippen LogP contribution in [0.4, 0.5) is 17.2 Å². The minimum atomic E-state index is 0.701. The first-order valence-corrected chi connectivity index (χ1v) is 11.8. The Hall–Kier alpha value is -2.31. The van der Waals surface area contributed by atoms with E-state index in [2.05, 4.69) is 69.2 Å². The molecule has 3 fully saturated rings. The largest absolute Gasteiger partial charge is 0.378 e. The summed E-state index contributed by atoms with van der Waals surface area (Å²) in [7, 11) is 2.22. The Morgan fingerprint density at radius 2 is 1.68 bits per heavy atom. The van der Waals surface area contributed by atoms with Crippen molar-refractivity contribution in [3.63, 3.8) is 0 Å². The van der Waals surface area contributed by atoms with E-state index in [0.717, 1.165) is 77.8 Å². The molecular formula is C25H35N5O. The summed E-state index contributed by atoms with van der Waals surface area (Å²) in [5, 5.41) is 0. The molecule has 3 aliphatic rings. The summed E-state index contributed by atoms with van der Waals surface area (Å²) >= 11 is 0. The molecule has 1 aromatic carbocycles. The maximum absolute atomic E-state index is 5.46. The second kappa shape index (κ2) is 9.45. The van der Waals surface area contributed by atoms with Crippen LogP contribution in [0.2, 0.25) is 0 Å². The van der Waals surface area contributed by atoms with Gasteiger partial charge in [-0.2, -0.15) is 0 Å². The van der Waals surface area contributed by atoms with E-state index in [4.69, 9.17) is 9.72 Å². The third-order valence-corrected chi connectivity index (χ3v) is 7.06. The van der Waals surface area contributed by atoms with Crippen molar-refractivity contribution in [1.82, 2.24) is 9.88 Å². The Kier molecular flexibility index (Phi) is 6.27. The summed E-state index contributed by atoms with van der Waals surface area (Å²) in [5.41, 5.74) is 4.22. The number of pyridine rings is 1. The summed E-state index contributed by atoms with van der Waals surface area (Å²) < 4.78 is 5.46. The molecule has 0 N–H and O–H groups in total. The van der Waals surface area contributed by atoms with Gasteiger partial charge in [0.25, 0.3) is 0 Å². The molecule has 0 spiro atoms. The molecule has 0 amide bonds. The van der Waals surface area contributed by atoms with Crippen LogP contribution in [0.3, 0.4) is 0 Å². The molecule has 1 aromatic heterocycles. The van der Waals surface area contributed by atoms with Gasteiger partial charge in [-0.15, -0.1) is 0 Å². The lowest BCUT2D eigenvalue weighted by molar-refractivity contribution is 0.122. The van der Waals surface area contributed by atoms with Gasteiger partial charge in [0.2, 0.25) is 0 Å². The third-order valence-electron chi connectivity index (χ3n) is 7.06. The van der Waals surface area contributed by atoms with Gasteiger partial charge in [-0.05, 0) is 49.6 Å². The Balaban J connectivity index is 1.21. The number of piperazine rings is 1. The first kappa shape index (κ1) is 20.6. The lowest BCUT2D eigenvalue weighted by Gasteiger charge is -2.35. The first-order valence-electron chi connectivity index (χ1n) is 11.8. The van der Waals surface area contributed by atoms with Gasteiger partial charge in [0.1, 0.15) is 5.82 Å².